The molecule has 2 aliphatic rings. The Labute approximate surface area is 561 Å². The summed E-state index contributed by atoms with van der Waals surface area (Å²) in [6.07, 6.45) is 0. The Balaban J connectivity index is 1.00. The van der Waals surface area contributed by atoms with Gasteiger partial charge in [-0.3, -0.25) is 0 Å². The Morgan fingerprint density at radius 3 is 0.574 bits per heavy atom. The summed E-state index contributed by atoms with van der Waals surface area (Å²) in [7, 11) is 0. The van der Waals surface area contributed by atoms with Crippen LogP contribution in [0.25, 0.3) is 44.5 Å². The second kappa shape index (κ2) is 23.8. The maximum atomic E-state index is 13.8. The molecule has 2 saturated heterocycles. The number of hydrogen-bond acceptors (Lipinski definition) is 6. The lowest BCUT2D eigenvalue weighted by molar-refractivity contribution is 0.208. The van der Waals surface area contributed by atoms with Gasteiger partial charge in [0.2, 0.25) is 0 Å². The topological polar surface area (TPSA) is 132 Å². The minimum atomic E-state index is -1.44. The molecule has 8 aromatic rings. The molecule has 0 aromatic heterocycles. The first kappa shape index (κ1) is 68.4. The summed E-state index contributed by atoms with van der Waals surface area (Å²) in [5.74, 6) is 0. The van der Waals surface area contributed by atoms with Crippen LogP contribution in [0.3, 0.4) is 0 Å². The van der Waals surface area contributed by atoms with Crippen LogP contribution < -0.4 is 21.3 Å². The lowest BCUT2D eigenvalue weighted by atomic mass is 9.78. The highest BCUT2D eigenvalue weighted by atomic mass is 16.2. The van der Waals surface area contributed by atoms with E-state index in [0.717, 1.165) is 44.5 Å². The normalized spacial score (nSPS) is 17.5. The van der Waals surface area contributed by atoms with Crippen LogP contribution in [-0.4, -0.2) is 12.1 Å². The van der Waals surface area contributed by atoms with Crippen molar-refractivity contribution in [1.29, 1.82) is 0 Å². The van der Waals surface area contributed by atoms with Crippen LogP contribution in [-0.2, 0) is 54.6 Å². The Bertz CT molecular complexity index is 3690. The van der Waals surface area contributed by atoms with E-state index in [2.05, 4.69) is 297 Å². The van der Waals surface area contributed by atoms with E-state index < -0.39 is 23.4 Å². The smallest absolute Gasteiger partial charge is 0.307 e. The summed E-state index contributed by atoms with van der Waals surface area (Å²) in [6.45, 7) is 54.5. The SMILES string of the molecule is CC(C)(C)c1cc(-c2cc(N=Nc3ccc(C45NC(=O)NC4(c4ccc(N=Nc6cc(-c7cc(C(C)(C)C)cc(C(C)(C)C)c7)cc(-c7cc(C(C)(C)C)cc(C(C)(C)C)c7)c6)cc4)NC(=O)N5)cc3)cc(-c3cc(C(C)(C)C)cc(C(C)(C)C)c3)c2)cc(C(C)(C)C)c1. The molecule has 94 heavy (non-hydrogen) atoms. The van der Waals surface area contributed by atoms with E-state index in [1.165, 1.54) is 44.5 Å². The maximum Gasteiger partial charge on any atom is 0.319 e. The Kier molecular flexibility index (Phi) is 17.3. The molecule has 2 aliphatic heterocycles. The van der Waals surface area contributed by atoms with Crippen LogP contribution in [0.5, 0.6) is 0 Å². The van der Waals surface area contributed by atoms with Gasteiger partial charge in [0.1, 0.15) is 0 Å². The Morgan fingerprint density at radius 2 is 0.394 bits per heavy atom. The molecule has 490 valence electrons. The molecule has 10 nitrogen and oxygen atoms in total. The second-order valence-corrected chi connectivity index (χ2v) is 34.9. The van der Waals surface area contributed by atoms with Crippen molar-refractivity contribution < 1.29 is 9.59 Å². The average Bonchev–Trinajstić information content (AvgIpc) is 1.53. The third kappa shape index (κ3) is 14.4. The van der Waals surface area contributed by atoms with Crippen molar-refractivity contribution in [3.05, 3.63) is 213 Å². The first-order chi connectivity index (χ1) is 43.3. The van der Waals surface area contributed by atoms with Gasteiger partial charge in [0.25, 0.3) is 0 Å². The van der Waals surface area contributed by atoms with Gasteiger partial charge in [-0.05, 0) is 193 Å². The van der Waals surface area contributed by atoms with E-state index >= 15 is 0 Å². The fourth-order valence-corrected chi connectivity index (χ4v) is 12.3. The second-order valence-electron chi connectivity index (χ2n) is 34.9. The molecular formula is C84H102N8O2. The van der Waals surface area contributed by atoms with Crippen molar-refractivity contribution in [3.8, 4) is 44.5 Å². The standard InChI is InChI=1S/C84H102N8O2/c1-75(2,3)61-35-55(36-62(47-61)76(4,5)6)51-33-52(56-37-63(77(7,8)9)48-64(38-56)78(10,11)12)44-71(43-51)91-89-69-29-25-59(26-30-69)83-84(87-73(93)85-83,88-74(94)86-83)60-27-31-70(32-28-60)90-92-72-45-53(57-39-65(79(13,14)15)49-66(40-57)80(16,17)18)34-54(46-72)58-41-67(81(19,20)21)50-68(42-58)82(22,23)24/h25-50H,1-24H3,(H2,85,87,93)(H2,86,88,94). The van der Waals surface area contributed by atoms with Gasteiger partial charge < -0.3 is 21.3 Å². The summed E-state index contributed by atoms with van der Waals surface area (Å²) >= 11 is 0. The number of nitrogens with zero attached hydrogens (tertiary/aromatic N) is 4. The molecule has 8 aromatic carbocycles. The van der Waals surface area contributed by atoms with Crippen molar-refractivity contribution in [3.63, 3.8) is 0 Å². The molecule has 10 heteroatoms. The zero-order valence-electron chi connectivity index (χ0n) is 60.6. The highest BCUT2D eigenvalue weighted by molar-refractivity contribution is 5.89. The molecule has 0 aliphatic carbocycles. The van der Waals surface area contributed by atoms with E-state index in [1.54, 1.807) is 0 Å². The molecule has 0 unspecified atom stereocenters. The lowest BCUT2D eigenvalue weighted by Gasteiger charge is -2.37. The van der Waals surface area contributed by atoms with Gasteiger partial charge in [-0.2, -0.15) is 20.5 Å². The molecule has 0 atom stereocenters. The number of rotatable bonds is 10. The van der Waals surface area contributed by atoms with E-state index in [9.17, 15) is 9.59 Å². The number of carbonyl (C=O) groups is 2. The van der Waals surface area contributed by atoms with Gasteiger partial charge >= 0.3 is 12.1 Å². The van der Waals surface area contributed by atoms with Crippen LogP contribution in [0.15, 0.2) is 178 Å². The maximum absolute atomic E-state index is 13.8. The van der Waals surface area contributed by atoms with Gasteiger partial charge in [-0.15, -0.1) is 0 Å². The fourth-order valence-electron chi connectivity index (χ4n) is 12.3. The van der Waals surface area contributed by atoms with Gasteiger partial charge in [-0.1, -0.05) is 263 Å². The molecule has 4 amide bonds. The molecule has 0 radical (unpaired) electrons. The Hall–Kier alpha value is -8.50. The van der Waals surface area contributed by atoms with E-state index in [4.69, 9.17) is 20.5 Å². The number of azo groups is 2. The summed E-state index contributed by atoms with van der Waals surface area (Å²) in [5, 5.41) is 32.1. The van der Waals surface area contributed by atoms with E-state index in [-0.39, 0.29) is 43.3 Å². The van der Waals surface area contributed by atoms with Crippen LogP contribution in [0.4, 0.5) is 32.3 Å². The molecular weight excluding hydrogens is 1150 g/mol. The van der Waals surface area contributed by atoms with Crippen LogP contribution in [0.2, 0.25) is 0 Å². The summed E-state index contributed by atoms with van der Waals surface area (Å²) in [5.41, 5.74) is 19.2. The van der Waals surface area contributed by atoms with Crippen molar-refractivity contribution >= 4 is 34.8 Å². The van der Waals surface area contributed by atoms with Crippen molar-refractivity contribution in [1.82, 2.24) is 21.3 Å². The highest BCUT2D eigenvalue weighted by Crippen LogP contribution is 2.47. The third-order valence-corrected chi connectivity index (χ3v) is 18.8. The van der Waals surface area contributed by atoms with Gasteiger partial charge in [0, 0.05) is 11.1 Å². The first-order valence-corrected chi connectivity index (χ1v) is 33.5. The van der Waals surface area contributed by atoms with Crippen LogP contribution >= 0.6 is 0 Å². The quantitative estimate of drug-likeness (QED) is 0.102. The van der Waals surface area contributed by atoms with Crippen molar-refractivity contribution in [2.75, 3.05) is 0 Å². The first-order valence-electron chi connectivity index (χ1n) is 33.5. The number of amides is 4. The fraction of sp³-hybridized carbons (Fsp3) is 0.405. The molecule has 0 saturated carbocycles. The van der Waals surface area contributed by atoms with Crippen molar-refractivity contribution in [2.45, 2.75) is 221 Å². The number of nitrogens with one attached hydrogen (secondary N) is 4. The predicted octanol–water partition coefficient (Wildman–Crippen LogP) is 23.2. The van der Waals surface area contributed by atoms with Gasteiger partial charge in [-0.25, -0.2) is 9.59 Å². The van der Waals surface area contributed by atoms with Gasteiger partial charge in [0.05, 0.1) is 22.7 Å². The van der Waals surface area contributed by atoms with Crippen LogP contribution in [0, 0.1) is 0 Å². The predicted molar refractivity (Wildman–Crippen MR) is 392 cm³/mol. The average molecular weight is 1260 g/mol. The molecule has 0 spiro atoms. The molecule has 10 rings (SSSR count). The lowest BCUT2D eigenvalue weighted by Crippen LogP contribution is -2.60. The number of fused-ring (bicyclic) bond motifs is 1. The molecule has 2 heterocycles. The minimum Gasteiger partial charge on any atom is -0.307 e. The number of benzene rings is 8. The van der Waals surface area contributed by atoms with E-state index in [0.29, 0.717) is 33.9 Å². The monoisotopic (exact) mass is 1250 g/mol. The summed E-state index contributed by atoms with van der Waals surface area (Å²) in [6, 6.07) is 55.2. The van der Waals surface area contributed by atoms with Crippen molar-refractivity contribution in [2.24, 2.45) is 20.5 Å². The summed E-state index contributed by atoms with van der Waals surface area (Å²) < 4.78 is 0. The zero-order chi connectivity index (χ0) is 68.9. The minimum absolute atomic E-state index is 0.0761. The molecule has 0 bridgehead atoms. The largest absolute Gasteiger partial charge is 0.319 e. The molecule has 2 fully saturated rings. The third-order valence-electron chi connectivity index (χ3n) is 18.8. The Morgan fingerprint density at radius 1 is 0.223 bits per heavy atom. The molecule has 4 N–H and O–H groups in total. The number of urea groups is 2. The number of carbonyl (C=O) groups excluding carboxylic acids is 2. The zero-order valence-corrected chi connectivity index (χ0v) is 60.6. The van der Waals surface area contributed by atoms with Crippen LogP contribution in [0.1, 0.15) is 222 Å². The highest BCUT2D eigenvalue weighted by Gasteiger charge is 2.66. The summed E-state index contributed by atoms with van der Waals surface area (Å²) in [4.78, 5) is 27.5. The van der Waals surface area contributed by atoms with Gasteiger partial charge in [0.15, 0.2) is 11.3 Å². The van der Waals surface area contributed by atoms with E-state index in [1.807, 2.05) is 48.5 Å². The number of hydrogen-bond donors (Lipinski definition) is 4.